The number of carbonyl (C=O) groups is 2. The molecule has 0 spiro atoms. The molecule has 0 saturated heterocycles. The molecule has 168 valence electrons. The molecular formula is C23H22Cl2N2O5. The predicted octanol–water partition coefficient (Wildman–Crippen LogP) is 4.35. The highest BCUT2D eigenvalue weighted by Gasteiger charge is 2.22. The molecule has 3 rings (SSSR count). The molecule has 0 aliphatic heterocycles. The van der Waals surface area contributed by atoms with Gasteiger partial charge >= 0.3 is 0 Å². The molecule has 0 atom stereocenters. The van der Waals surface area contributed by atoms with E-state index in [1.807, 2.05) is 6.07 Å². The number of amides is 1. The van der Waals surface area contributed by atoms with Gasteiger partial charge in [-0.15, -0.1) is 0 Å². The van der Waals surface area contributed by atoms with E-state index in [2.05, 4.69) is 5.32 Å². The number of aromatic nitrogens is 1. The molecule has 0 fully saturated rings. The summed E-state index contributed by atoms with van der Waals surface area (Å²) in [5.41, 5.74) is 1.68. The van der Waals surface area contributed by atoms with E-state index in [0.717, 1.165) is 5.56 Å². The van der Waals surface area contributed by atoms with Gasteiger partial charge in [0.25, 0.3) is 11.7 Å². The van der Waals surface area contributed by atoms with E-state index >= 15 is 0 Å². The van der Waals surface area contributed by atoms with E-state index in [0.29, 0.717) is 39.4 Å². The molecular weight excluding hydrogens is 455 g/mol. The van der Waals surface area contributed by atoms with Crippen LogP contribution in [0.1, 0.15) is 16.1 Å². The summed E-state index contributed by atoms with van der Waals surface area (Å²) in [6.45, 7) is 0.271. The van der Waals surface area contributed by atoms with E-state index in [-0.39, 0.29) is 12.2 Å². The molecule has 9 heteroatoms. The summed E-state index contributed by atoms with van der Waals surface area (Å²) in [6, 6.07) is 11.9. The molecule has 0 bridgehead atoms. The Balaban J connectivity index is 1.76. The number of nitrogens with one attached hydrogen (secondary N) is 1. The quantitative estimate of drug-likeness (QED) is 0.366. The minimum absolute atomic E-state index is 0.200. The van der Waals surface area contributed by atoms with Crippen LogP contribution < -0.4 is 19.5 Å². The fourth-order valence-electron chi connectivity index (χ4n) is 3.21. The van der Waals surface area contributed by atoms with Crippen molar-refractivity contribution in [2.75, 3.05) is 27.9 Å². The average Bonchev–Trinajstić information content (AvgIpc) is 3.29. The lowest BCUT2D eigenvalue weighted by Gasteiger charge is -2.16. The zero-order valence-corrected chi connectivity index (χ0v) is 19.3. The summed E-state index contributed by atoms with van der Waals surface area (Å²) in [6.07, 6.45) is 2.18. The normalized spacial score (nSPS) is 10.5. The first-order chi connectivity index (χ1) is 15.4. The summed E-state index contributed by atoms with van der Waals surface area (Å²) in [7, 11) is 4.52. The van der Waals surface area contributed by atoms with Crippen molar-refractivity contribution in [2.24, 2.45) is 0 Å². The predicted molar refractivity (Wildman–Crippen MR) is 123 cm³/mol. The monoisotopic (exact) mass is 476 g/mol. The maximum absolute atomic E-state index is 12.8. The van der Waals surface area contributed by atoms with Crippen LogP contribution in [0.4, 0.5) is 0 Å². The van der Waals surface area contributed by atoms with E-state index in [9.17, 15) is 9.59 Å². The number of halogens is 2. The molecule has 0 aliphatic carbocycles. The Bertz CT molecular complexity index is 1120. The van der Waals surface area contributed by atoms with Crippen molar-refractivity contribution in [3.63, 3.8) is 0 Å². The third-order valence-corrected chi connectivity index (χ3v) is 5.54. The second kappa shape index (κ2) is 10.4. The number of ketones is 1. The lowest BCUT2D eigenvalue weighted by atomic mass is 10.1. The van der Waals surface area contributed by atoms with Crippen LogP contribution >= 0.6 is 23.2 Å². The van der Waals surface area contributed by atoms with Crippen LogP contribution in [0.2, 0.25) is 10.0 Å². The van der Waals surface area contributed by atoms with Crippen LogP contribution in [0.25, 0.3) is 5.69 Å². The first-order valence-electron chi connectivity index (χ1n) is 9.63. The summed E-state index contributed by atoms with van der Waals surface area (Å²) >= 11 is 11.9. The maximum atomic E-state index is 12.8. The second-order valence-electron chi connectivity index (χ2n) is 6.73. The van der Waals surface area contributed by atoms with Gasteiger partial charge in [-0.3, -0.25) is 9.59 Å². The molecule has 7 nitrogen and oxygen atoms in total. The van der Waals surface area contributed by atoms with E-state index in [4.69, 9.17) is 37.4 Å². The Kier molecular flexibility index (Phi) is 7.66. The van der Waals surface area contributed by atoms with Gasteiger partial charge in [0, 0.05) is 24.9 Å². The number of ether oxygens (including phenoxy) is 3. The van der Waals surface area contributed by atoms with Gasteiger partial charge in [-0.1, -0.05) is 29.3 Å². The highest BCUT2D eigenvalue weighted by molar-refractivity contribution is 6.42. The summed E-state index contributed by atoms with van der Waals surface area (Å²) < 4.78 is 17.7. The number of benzene rings is 2. The van der Waals surface area contributed by atoms with Crippen LogP contribution in [0, 0.1) is 0 Å². The van der Waals surface area contributed by atoms with Crippen molar-refractivity contribution >= 4 is 34.9 Å². The van der Waals surface area contributed by atoms with Gasteiger partial charge in [-0.2, -0.15) is 0 Å². The lowest BCUT2D eigenvalue weighted by molar-refractivity contribution is -0.117. The fourth-order valence-corrected chi connectivity index (χ4v) is 3.53. The smallest absolute Gasteiger partial charge is 0.294 e. The Morgan fingerprint density at radius 1 is 0.938 bits per heavy atom. The zero-order valence-electron chi connectivity index (χ0n) is 17.8. The topological polar surface area (TPSA) is 78.8 Å². The van der Waals surface area contributed by atoms with Crippen molar-refractivity contribution in [2.45, 2.75) is 6.42 Å². The summed E-state index contributed by atoms with van der Waals surface area (Å²) in [5.74, 6) is -0.0887. The number of rotatable bonds is 9. The SMILES string of the molecule is COc1cc(-n2cccc2C(=O)C(=O)NCCc2ccc(Cl)c(Cl)c2)cc(OC)c1OC. The molecule has 3 aromatic rings. The second-order valence-corrected chi connectivity index (χ2v) is 7.54. The summed E-state index contributed by atoms with van der Waals surface area (Å²) in [5, 5.41) is 3.55. The molecule has 1 amide bonds. The summed E-state index contributed by atoms with van der Waals surface area (Å²) in [4.78, 5) is 25.3. The third-order valence-electron chi connectivity index (χ3n) is 4.80. The van der Waals surface area contributed by atoms with Gasteiger partial charge in [-0.25, -0.2) is 0 Å². The molecule has 1 heterocycles. The highest BCUT2D eigenvalue weighted by atomic mass is 35.5. The average molecular weight is 477 g/mol. The number of methoxy groups -OCH3 is 3. The van der Waals surface area contributed by atoms with Crippen LogP contribution in [0.3, 0.4) is 0 Å². The van der Waals surface area contributed by atoms with Crippen LogP contribution in [0.15, 0.2) is 48.7 Å². The van der Waals surface area contributed by atoms with Gasteiger partial charge in [0.1, 0.15) is 0 Å². The van der Waals surface area contributed by atoms with Crippen LogP contribution in [0.5, 0.6) is 17.2 Å². The van der Waals surface area contributed by atoms with Crippen molar-refractivity contribution in [1.29, 1.82) is 0 Å². The standard InChI is InChI=1S/C23H22Cl2N2O5/c1-30-19-12-15(13-20(31-2)22(19)32-3)27-10-4-5-18(27)21(28)23(29)26-9-8-14-6-7-16(24)17(25)11-14/h4-7,10-13H,8-9H2,1-3H3,(H,26,29). The van der Waals surface area contributed by atoms with Gasteiger partial charge in [0.2, 0.25) is 5.75 Å². The van der Waals surface area contributed by atoms with E-state index in [1.165, 1.54) is 21.3 Å². The largest absolute Gasteiger partial charge is 0.493 e. The number of carbonyl (C=O) groups excluding carboxylic acids is 2. The van der Waals surface area contributed by atoms with Crippen molar-refractivity contribution in [3.8, 4) is 22.9 Å². The molecule has 0 aliphatic rings. The van der Waals surface area contributed by atoms with Crippen LogP contribution in [-0.4, -0.2) is 44.1 Å². The minimum atomic E-state index is -0.711. The lowest BCUT2D eigenvalue weighted by Crippen LogP contribution is -2.33. The molecule has 0 saturated carbocycles. The Hall–Kier alpha value is -3.16. The fraction of sp³-hybridized carbons (Fsp3) is 0.217. The molecule has 32 heavy (non-hydrogen) atoms. The van der Waals surface area contributed by atoms with Crippen molar-refractivity contribution in [3.05, 3.63) is 70.0 Å². The maximum Gasteiger partial charge on any atom is 0.294 e. The Morgan fingerprint density at radius 2 is 1.62 bits per heavy atom. The number of nitrogens with zero attached hydrogens (tertiary/aromatic N) is 1. The Morgan fingerprint density at radius 3 is 2.22 bits per heavy atom. The van der Waals surface area contributed by atoms with Crippen molar-refractivity contribution in [1.82, 2.24) is 9.88 Å². The first-order valence-corrected chi connectivity index (χ1v) is 10.4. The van der Waals surface area contributed by atoms with Crippen molar-refractivity contribution < 1.29 is 23.8 Å². The van der Waals surface area contributed by atoms with Gasteiger partial charge in [-0.05, 0) is 36.2 Å². The van der Waals surface area contributed by atoms with Crippen LogP contribution in [-0.2, 0) is 11.2 Å². The Labute approximate surface area is 195 Å². The third kappa shape index (κ3) is 5.00. The van der Waals surface area contributed by atoms with Gasteiger partial charge in [0.15, 0.2) is 11.5 Å². The number of hydrogen-bond acceptors (Lipinski definition) is 5. The number of hydrogen-bond donors (Lipinski definition) is 1. The highest BCUT2D eigenvalue weighted by Crippen LogP contribution is 2.39. The molecule has 0 radical (unpaired) electrons. The van der Waals surface area contributed by atoms with Gasteiger partial charge in [0.05, 0.1) is 42.8 Å². The molecule has 1 N–H and O–H groups in total. The zero-order chi connectivity index (χ0) is 23.3. The molecule has 1 aromatic heterocycles. The van der Waals surface area contributed by atoms with E-state index < -0.39 is 11.7 Å². The minimum Gasteiger partial charge on any atom is -0.493 e. The molecule has 0 unspecified atom stereocenters. The van der Waals surface area contributed by atoms with Gasteiger partial charge < -0.3 is 24.1 Å². The van der Waals surface area contributed by atoms with E-state index in [1.54, 1.807) is 47.2 Å². The first kappa shape index (κ1) is 23.5. The molecule has 2 aromatic carbocycles. The number of Topliss-reactive ketones (excluding diaryl/α,β-unsaturated/α-hetero) is 1.